The van der Waals surface area contributed by atoms with Crippen LogP contribution in [0.2, 0.25) is 0 Å². The van der Waals surface area contributed by atoms with Gasteiger partial charge in [-0.2, -0.15) is 0 Å². The van der Waals surface area contributed by atoms with E-state index in [0.29, 0.717) is 17.8 Å². The van der Waals surface area contributed by atoms with Gasteiger partial charge in [-0.1, -0.05) is 24.3 Å². The van der Waals surface area contributed by atoms with Gasteiger partial charge in [-0.3, -0.25) is 9.52 Å². The summed E-state index contributed by atoms with van der Waals surface area (Å²) < 4.78 is 27.9. The van der Waals surface area contributed by atoms with Crippen LogP contribution in [0.25, 0.3) is 0 Å². The maximum absolute atomic E-state index is 12.9. The number of hydrogen-bond acceptors (Lipinski definition) is 3. The summed E-state index contributed by atoms with van der Waals surface area (Å²) in [6, 6.07) is 19.5. The van der Waals surface area contributed by atoms with Crippen molar-refractivity contribution in [2.45, 2.75) is 25.2 Å². The summed E-state index contributed by atoms with van der Waals surface area (Å²) in [6.07, 6.45) is 0.843. The number of nitrogens with zero attached hydrogens (tertiary/aromatic N) is 1. The number of fused-ring (bicyclic) bond motifs is 1. The minimum absolute atomic E-state index is 0.0847. The molecule has 0 unspecified atom stereocenters. The molecule has 0 radical (unpaired) electrons. The molecule has 0 aromatic heterocycles. The van der Waals surface area contributed by atoms with E-state index < -0.39 is 10.0 Å². The van der Waals surface area contributed by atoms with E-state index in [1.807, 2.05) is 38.1 Å². The first-order chi connectivity index (χ1) is 13.8. The molecule has 0 saturated heterocycles. The smallest absolute Gasteiger partial charge is 0.261 e. The summed E-state index contributed by atoms with van der Waals surface area (Å²) in [5.41, 5.74) is 5.00. The minimum atomic E-state index is -3.69. The van der Waals surface area contributed by atoms with Crippen LogP contribution >= 0.6 is 0 Å². The lowest BCUT2D eigenvalue weighted by Crippen LogP contribution is -2.28. The molecule has 0 atom stereocenters. The fraction of sp³-hybridized carbons (Fsp3) is 0.174. The van der Waals surface area contributed by atoms with E-state index >= 15 is 0 Å². The fourth-order valence-electron chi connectivity index (χ4n) is 3.48. The minimum Gasteiger partial charge on any atom is -0.308 e. The van der Waals surface area contributed by atoms with Gasteiger partial charge >= 0.3 is 0 Å². The number of carbonyl (C=O) groups excluding carboxylic acids is 1. The lowest BCUT2D eigenvalue weighted by Gasteiger charge is -2.17. The second-order valence-electron chi connectivity index (χ2n) is 7.26. The molecule has 3 aromatic carbocycles. The zero-order chi connectivity index (χ0) is 20.6. The van der Waals surface area contributed by atoms with Crippen molar-refractivity contribution in [1.82, 2.24) is 0 Å². The molecule has 1 aliphatic heterocycles. The molecule has 148 valence electrons. The van der Waals surface area contributed by atoms with Crippen LogP contribution in [0.4, 0.5) is 11.4 Å². The SMILES string of the molecule is Cc1ccc(S(=O)(=O)Nc2ccc(C(=O)N3CCc4ccccc43)cc2)cc1C. The lowest BCUT2D eigenvalue weighted by molar-refractivity contribution is 0.0989. The van der Waals surface area contributed by atoms with Crippen LogP contribution in [0.15, 0.2) is 71.6 Å². The number of rotatable bonds is 4. The highest BCUT2D eigenvalue weighted by atomic mass is 32.2. The molecule has 0 bridgehead atoms. The molecule has 0 spiro atoms. The summed E-state index contributed by atoms with van der Waals surface area (Å²) in [7, 11) is -3.69. The van der Waals surface area contributed by atoms with Crippen LogP contribution in [0.3, 0.4) is 0 Å². The maximum Gasteiger partial charge on any atom is 0.261 e. The van der Waals surface area contributed by atoms with E-state index in [-0.39, 0.29) is 10.8 Å². The predicted octanol–water partition coefficient (Wildman–Crippen LogP) is 4.31. The molecule has 4 rings (SSSR count). The van der Waals surface area contributed by atoms with Gasteiger partial charge in [0.15, 0.2) is 0 Å². The average molecular weight is 407 g/mol. The Morgan fingerprint density at radius 3 is 2.38 bits per heavy atom. The second-order valence-corrected chi connectivity index (χ2v) is 8.95. The van der Waals surface area contributed by atoms with Gasteiger partial charge in [-0.25, -0.2) is 8.42 Å². The highest BCUT2D eigenvalue weighted by Crippen LogP contribution is 2.29. The normalized spacial score (nSPS) is 13.2. The first-order valence-corrected chi connectivity index (χ1v) is 10.9. The monoisotopic (exact) mass is 406 g/mol. The standard InChI is InChI=1S/C23H22N2O3S/c1-16-7-12-21(15-17(16)2)29(27,28)24-20-10-8-19(9-11-20)23(26)25-14-13-18-5-3-4-6-22(18)25/h3-12,15,24H,13-14H2,1-2H3. The number of para-hydroxylation sites is 1. The molecule has 0 saturated carbocycles. The van der Waals surface area contributed by atoms with Crippen molar-refractivity contribution in [2.24, 2.45) is 0 Å². The third kappa shape index (κ3) is 3.76. The van der Waals surface area contributed by atoms with E-state index in [1.54, 1.807) is 47.4 Å². The van der Waals surface area contributed by atoms with Gasteiger partial charge in [0, 0.05) is 23.5 Å². The van der Waals surface area contributed by atoms with Crippen molar-refractivity contribution < 1.29 is 13.2 Å². The Morgan fingerprint density at radius 2 is 1.66 bits per heavy atom. The Hall–Kier alpha value is -3.12. The molecule has 3 aromatic rings. The van der Waals surface area contributed by atoms with E-state index in [9.17, 15) is 13.2 Å². The van der Waals surface area contributed by atoms with Crippen molar-refractivity contribution in [3.05, 3.63) is 89.0 Å². The fourth-order valence-corrected chi connectivity index (χ4v) is 4.62. The summed E-state index contributed by atoms with van der Waals surface area (Å²) in [4.78, 5) is 14.9. The van der Waals surface area contributed by atoms with Crippen molar-refractivity contribution >= 4 is 27.3 Å². The molecule has 1 amide bonds. The van der Waals surface area contributed by atoms with Crippen LogP contribution in [0.5, 0.6) is 0 Å². The molecular formula is C23H22N2O3S. The summed E-state index contributed by atoms with van der Waals surface area (Å²) >= 11 is 0. The van der Waals surface area contributed by atoms with Gasteiger partial charge in [-0.05, 0) is 79.4 Å². The van der Waals surface area contributed by atoms with E-state index in [1.165, 1.54) is 5.56 Å². The zero-order valence-corrected chi connectivity index (χ0v) is 17.2. The Balaban J connectivity index is 1.52. The van der Waals surface area contributed by atoms with Gasteiger partial charge in [0.25, 0.3) is 15.9 Å². The largest absolute Gasteiger partial charge is 0.308 e. The number of benzene rings is 3. The van der Waals surface area contributed by atoms with Crippen molar-refractivity contribution in [3.63, 3.8) is 0 Å². The van der Waals surface area contributed by atoms with Gasteiger partial charge in [0.2, 0.25) is 0 Å². The van der Waals surface area contributed by atoms with Crippen LogP contribution < -0.4 is 9.62 Å². The van der Waals surface area contributed by atoms with Crippen LogP contribution in [-0.2, 0) is 16.4 Å². The van der Waals surface area contributed by atoms with Gasteiger partial charge in [-0.15, -0.1) is 0 Å². The van der Waals surface area contributed by atoms with Crippen LogP contribution in [0, 0.1) is 13.8 Å². The van der Waals surface area contributed by atoms with Crippen LogP contribution in [-0.4, -0.2) is 20.9 Å². The molecule has 0 aliphatic carbocycles. The second kappa shape index (κ2) is 7.37. The van der Waals surface area contributed by atoms with Crippen molar-refractivity contribution in [3.8, 4) is 0 Å². The Bertz CT molecular complexity index is 1180. The molecule has 1 heterocycles. The number of carbonyl (C=O) groups is 1. The quantitative estimate of drug-likeness (QED) is 0.702. The van der Waals surface area contributed by atoms with Crippen LogP contribution in [0.1, 0.15) is 27.0 Å². The summed E-state index contributed by atoms with van der Waals surface area (Å²) in [5, 5.41) is 0. The van der Waals surface area contributed by atoms with Gasteiger partial charge in [0.05, 0.1) is 4.90 Å². The Morgan fingerprint density at radius 1 is 0.931 bits per heavy atom. The topological polar surface area (TPSA) is 66.5 Å². The average Bonchev–Trinajstić information content (AvgIpc) is 3.14. The first kappa shape index (κ1) is 19.2. The highest BCUT2D eigenvalue weighted by Gasteiger charge is 2.25. The predicted molar refractivity (Wildman–Crippen MR) is 115 cm³/mol. The number of sulfonamides is 1. The molecule has 29 heavy (non-hydrogen) atoms. The summed E-state index contributed by atoms with van der Waals surface area (Å²) in [6.45, 7) is 4.47. The molecular weight excluding hydrogens is 384 g/mol. The Kier molecular flexibility index (Phi) is 4.88. The third-order valence-electron chi connectivity index (χ3n) is 5.31. The molecule has 0 fully saturated rings. The highest BCUT2D eigenvalue weighted by molar-refractivity contribution is 7.92. The molecule has 6 heteroatoms. The number of amides is 1. The van der Waals surface area contributed by atoms with Gasteiger partial charge < -0.3 is 4.90 Å². The van der Waals surface area contributed by atoms with E-state index in [4.69, 9.17) is 0 Å². The third-order valence-corrected chi connectivity index (χ3v) is 6.68. The summed E-state index contributed by atoms with van der Waals surface area (Å²) in [5.74, 6) is -0.0847. The van der Waals surface area contributed by atoms with Crippen molar-refractivity contribution in [1.29, 1.82) is 0 Å². The molecule has 1 aliphatic rings. The van der Waals surface area contributed by atoms with Gasteiger partial charge in [0.1, 0.15) is 0 Å². The molecule has 1 N–H and O–H groups in total. The van der Waals surface area contributed by atoms with E-state index in [0.717, 1.165) is 23.2 Å². The maximum atomic E-state index is 12.9. The number of hydrogen-bond donors (Lipinski definition) is 1. The lowest BCUT2D eigenvalue weighted by atomic mass is 10.1. The van der Waals surface area contributed by atoms with Crippen molar-refractivity contribution in [2.75, 3.05) is 16.2 Å². The van der Waals surface area contributed by atoms with E-state index in [2.05, 4.69) is 4.72 Å². The molecule has 5 nitrogen and oxygen atoms in total. The Labute approximate surface area is 171 Å². The first-order valence-electron chi connectivity index (χ1n) is 9.45. The zero-order valence-electron chi connectivity index (χ0n) is 16.3. The number of aryl methyl sites for hydroxylation is 2. The number of anilines is 2. The number of nitrogens with one attached hydrogen (secondary N) is 1.